The zero-order valence-corrected chi connectivity index (χ0v) is 17.5. The summed E-state index contributed by atoms with van der Waals surface area (Å²) in [5.41, 5.74) is 3.46. The number of aromatic nitrogens is 1. The van der Waals surface area contributed by atoms with E-state index < -0.39 is 0 Å². The van der Waals surface area contributed by atoms with Crippen LogP contribution in [-0.2, 0) is 19.4 Å². The molecule has 3 rings (SSSR count). The average molecular weight is 409 g/mol. The van der Waals surface area contributed by atoms with Crippen LogP contribution in [0.15, 0.2) is 71.0 Å². The average Bonchev–Trinajstić information content (AvgIpc) is 3.24. The second-order valence-electron chi connectivity index (χ2n) is 6.82. The van der Waals surface area contributed by atoms with Crippen molar-refractivity contribution in [2.24, 2.45) is 4.99 Å². The zero-order valence-electron chi connectivity index (χ0n) is 16.7. The Labute approximate surface area is 176 Å². The van der Waals surface area contributed by atoms with Crippen molar-refractivity contribution < 1.29 is 5.11 Å². The summed E-state index contributed by atoms with van der Waals surface area (Å²) in [6.45, 7) is 1.32. The van der Waals surface area contributed by atoms with Crippen molar-refractivity contribution in [3.05, 3.63) is 87.9 Å². The fourth-order valence-electron chi connectivity index (χ4n) is 3.07. The van der Waals surface area contributed by atoms with E-state index in [1.165, 1.54) is 5.56 Å². The molecular formula is C23H28N4OS. The second-order valence-corrected chi connectivity index (χ2v) is 7.76. The van der Waals surface area contributed by atoms with Gasteiger partial charge in [0, 0.05) is 31.3 Å². The Bertz CT molecular complexity index is 880. The normalized spacial score (nSPS) is 12.6. The first-order chi connectivity index (χ1) is 14.3. The molecule has 3 N–H and O–H groups in total. The van der Waals surface area contributed by atoms with Crippen molar-refractivity contribution in [1.29, 1.82) is 0 Å². The summed E-state index contributed by atoms with van der Waals surface area (Å²) < 4.78 is 0. The number of nitrogens with one attached hydrogen (secondary N) is 2. The number of aliphatic hydroxyl groups is 1. The van der Waals surface area contributed by atoms with Crippen molar-refractivity contribution in [2.45, 2.75) is 25.3 Å². The van der Waals surface area contributed by atoms with Crippen LogP contribution in [0.1, 0.15) is 27.7 Å². The van der Waals surface area contributed by atoms with Crippen molar-refractivity contribution in [2.75, 3.05) is 20.2 Å². The van der Waals surface area contributed by atoms with Gasteiger partial charge < -0.3 is 15.7 Å². The Kier molecular flexibility index (Phi) is 8.22. The van der Waals surface area contributed by atoms with E-state index in [4.69, 9.17) is 4.98 Å². The fraction of sp³-hybridized carbons (Fsp3) is 0.304. The van der Waals surface area contributed by atoms with Gasteiger partial charge in [-0.05, 0) is 17.5 Å². The van der Waals surface area contributed by atoms with E-state index in [1.54, 1.807) is 18.4 Å². The SMILES string of the molecule is CN=C(NCc1csc(CCc2ccccc2)n1)NCC(CO)c1ccccc1. The summed E-state index contributed by atoms with van der Waals surface area (Å²) in [4.78, 5) is 9.00. The summed E-state index contributed by atoms with van der Waals surface area (Å²) in [6.07, 6.45) is 1.96. The smallest absolute Gasteiger partial charge is 0.191 e. The quantitative estimate of drug-likeness (QED) is 0.375. The van der Waals surface area contributed by atoms with Gasteiger partial charge in [0.15, 0.2) is 5.96 Å². The number of aliphatic hydroxyl groups excluding tert-OH is 1. The molecule has 6 heteroatoms. The van der Waals surface area contributed by atoms with Gasteiger partial charge in [-0.25, -0.2) is 4.98 Å². The van der Waals surface area contributed by atoms with Crippen LogP contribution >= 0.6 is 11.3 Å². The highest BCUT2D eigenvalue weighted by atomic mass is 32.1. The molecule has 0 saturated carbocycles. The van der Waals surface area contributed by atoms with Crippen LogP contribution < -0.4 is 10.6 Å². The summed E-state index contributed by atoms with van der Waals surface area (Å²) >= 11 is 1.70. The molecule has 0 aliphatic heterocycles. The van der Waals surface area contributed by atoms with E-state index in [2.05, 4.69) is 45.3 Å². The summed E-state index contributed by atoms with van der Waals surface area (Å²) in [5, 5.41) is 19.6. The molecule has 0 amide bonds. The molecule has 5 nitrogen and oxygen atoms in total. The molecule has 0 radical (unpaired) electrons. The molecule has 1 aromatic heterocycles. The highest BCUT2D eigenvalue weighted by Crippen LogP contribution is 2.14. The van der Waals surface area contributed by atoms with E-state index in [-0.39, 0.29) is 12.5 Å². The van der Waals surface area contributed by atoms with Crippen LogP contribution in [0, 0.1) is 0 Å². The molecule has 0 spiro atoms. The topological polar surface area (TPSA) is 69.5 Å². The lowest BCUT2D eigenvalue weighted by Crippen LogP contribution is -2.39. The number of hydrogen-bond donors (Lipinski definition) is 3. The minimum atomic E-state index is 0.0265. The van der Waals surface area contributed by atoms with E-state index in [0.717, 1.165) is 29.1 Å². The third kappa shape index (κ3) is 6.69. The Morgan fingerprint density at radius 1 is 1.03 bits per heavy atom. The number of benzene rings is 2. The highest BCUT2D eigenvalue weighted by molar-refractivity contribution is 7.09. The van der Waals surface area contributed by atoms with E-state index in [0.29, 0.717) is 19.0 Å². The number of hydrogen-bond acceptors (Lipinski definition) is 4. The predicted octanol–water partition coefficient (Wildman–Crippen LogP) is 3.37. The Morgan fingerprint density at radius 2 is 1.76 bits per heavy atom. The molecule has 0 saturated heterocycles. The van der Waals surface area contributed by atoms with Gasteiger partial charge in [0.2, 0.25) is 0 Å². The van der Waals surface area contributed by atoms with E-state index in [1.807, 2.05) is 36.4 Å². The number of rotatable bonds is 9. The van der Waals surface area contributed by atoms with Crippen LogP contribution in [-0.4, -0.2) is 36.2 Å². The van der Waals surface area contributed by atoms with Crippen LogP contribution in [0.2, 0.25) is 0 Å². The van der Waals surface area contributed by atoms with Gasteiger partial charge in [-0.2, -0.15) is 0 Å². The minimum Gasteiger partial charge on any atom is -0.396 e. The Morgan fingerprint density at radius 3 is 2.45 bits per heavy atom. The molecule has 152 valence electrons. The van der Waals surface area contributed by atoms with Crippen LogP contribution in [0.25, 0.3) is 0 Å². The summed E-state index contributed by atoms with van der Waals surface area (Å²) in [6, 6.07) is 20.5. The largest absolute Gasteiger partial charge is 0.396 e. The van der Waals surface area contributed by atoms with Crippen LogP contribution in [0.3, 0.4) is 0 Å². The maximum Gasteiger partial charge on any atom is 0.191 e. The minimum absolute atomic E-state index is 0.0265. The molecule has 1 heterocycles. The van der Waals surface area contributed by atoms with Crippen molar-refractivity contribution in [3.8, 4) is 0 Å². The number of thiazole rings is 1. The van der Waals surface area contributed by atoms with E-state index >= 15 is 0 Å². The lowest BCUT2D eigenvalue weighted by molar-refractivity contribution is 0.265. The van der Waals surface area contributed by atoms with Gasteiger partial charge in [0.05, 0.1) is 23.9 Å². The number of guanidine groups is 1. The summed E-state index contributed by atoms with van der Waals surface area (Å²) in [7, 11) is 1.75. The third-order valence-corrected chi connectivity index (χ3v) is 5.69. The van der Waals surface area contributed by atoms with Gasteiger partial charge in [0.25, 0.3) is 0 Å². The van der Waals surface area contributed by atoms with Gasteiger partial charge >= 0.3 is 0 Å². The molecular weight excluding hydrogens is 380 g/mol. The first-order valence-corrected chi connectivity index (χ1v) is 10.7. The standard InChI is InChI=1S/C23H28N4OS/c1-24-23(25-14-20(16-28)19-10-6-3-7-11-19)26-15-21-17-29-22(27-21)13-12-18-8-4-2-5-9-18/h2-11,17,20,28H,12-16H2,1H3,(H2,24,25,26). The Balaban J connectivity index is 1.45. The number of aryl methyl sites for hydroxylation is 2. The fourth-order valence-corrected chi connectivity index (χ4v) is 3.87. The Hall–Kier alpha value is -2.70. The van der Waals surface area contributed by atoms with E-state index in [9.17, 15) is 5.11 Å². The molecule has 1 atom stereocenters. The van der Waals surface area contributed by atoms with Crippen LogP contribution in [0.5, 0.6) is 0 Å². The monoisotopic (exact) mass is 408 g/mol. The lowest BCUT2D eigenvalue weighted by Gasteiger charge is -2.17. The van der Waals surface area contributed by atoms with Gasteiger partial charge in [-0.3, -0.25) is 4.99 Å². The van der Waals surface area contributed by atoms with Gasteiger partial charge in [-0.15, -0.1) is 11.3 Å². The molecule has 3 aromatic rings. The lowest BCUT2D eigenvalue weighted by atomic mass is 10.0. The maximum atomic E-state index is 9.70. The summed E-state index contributed by atoms with van der Waals surface area (Å²) in [5.74, 6) is 0.733. The first kappa shape index (κ1) is 21.0. The molecule has 29 heavy (non-hydrogen) atoms. The molecule has 0 bridgehead atoms. The molecule has 0 aliphatic rings. The predicted molar refractivity (Wildman–Crippen MR) is 120 cm³/mol. The second kappa shape index (κ2) is 11.3. The van der Waals surface area contributed by atoms with Gasteiger partial charge in [0.1, 0.15) is 0 Å². The molecule has 2 aromatic carbocycles. The van der Waals surface area contributed by atoms with Crippen molar-refractivity contribution in [1.82, 2.24) is 15.6 Å². The first-order valence-electron chi connectivity index (χ1n) is 9.86. The van der Waals surface area contributed by atoms with Crippen LogP contribution in [0.4, 0.5) is 0 Å². The molecule has 1 unspecified atom stereocenters. The van der Waals surface area contributed by atoms with Gasteiger partial charge in [-0.1, -0.05) is 60.7 Å². The van der Waals surface area contributed by atoms with Crippen molar-refractivity contribution >= 4 is 17.3 Å². The highest BCUT2D eigenvalue weighted by Gasteiger charge is 2.11. The zero-order chi connectivity index (χ0) is 20.3. The third-order valence-electron chi connectivity index (χ3n) is 4.74. The van der Waals surface area contributed by atoms with Crippen molar-refractivity contribution in [3.63, 3.8) is 0 Å². The number of nitrogens with zero attached hydrogens (tertiary/aromatic N) is 2. The molecule has 0 fully saturated rings. The number of aliphatic imine (C=N–C) groups is 1. The molecule has 0 aliphatic carbocycles. The maximum absolute atomic E-state index is 9.70.